The van der Waals surface area contributed by atoms with E-state index >= 15 is 0 Å². The monoisotopic (exact) mass is 514 g/mol. The highest BCUT2D eigenvalue weighted by atomic mass is 79.9. The van der Waals surface area contributed by atoms with Gasteiger partial charge in [0.15, 0.2) is 0 Å². The maximum atomic E-state index is 13.1. The Morgan fingerprint density at radius 2 is 1.83 bits per heavy atom. The van der Waals surface area contributed by atoms with E-state index in [4.69, 9.17) is 16.3 Å². The Morgan fingerprint density at radius 3 is 2.43 bits per heavy atom. The van der Waals surface area contributed by atoms with Crippen LogP contribution in [0.15, 0.2) is 51.8 Å². The number of hydrogen-bond acceptors (Lipinski definition) is 4. The number of sulfonamides is 1. The average Bonchev–Trinajstić information content (AvgIpc) is 2.74. The van der Waals surface area contributed by atoms with E-state index in [1.807, 2.05) is 31.2 Å². The first-order chi connectivity index (χ1) is 14.2. The molecule has 0 unspecified atom stereocenters. The maximum Gasteiger partial charge on any atom is 0.246 e. The van der Waals surface area contributed by atoms with Crippen LogP contribution in [0.1, 0.15) is 31.4 Å². The van der Waals surface area contributed by atoms with Crippen LogP contribution in [0.4, 0.5) is 0 Å². The van der Waals surface area contributed by atoms with Gasteiger partial charge in [-0.2, -0.15) is 4.31 Å². The Bertz CT molecular complexity index is 1010. The Kier molecular flexibility index (Phi) is 7.44. The fraction of sp³-hybridized carbons (Fsp3) is 0.381. The first-order valence-corrected chi connectivity index (χ1v) is 12.2. The molecular weight excluding hydrogens is 492 g/mol. The van der Waals surface area contributed by atoms with Gasteiger partial charge in [-0.3, -0.25) is 4.79 Å². The summed E-state index contributed by atoms with van der Waals surface area (Å²) in [5, 5.41) is 3.36. The molecule has 30 heavy (non-hydrogen) atoms. The molecule has 1 heterocycles. The SMILES string of the molecule is COc1ccc(Cl)cc1S(=O)(=O)N1CCC(C(=O)N[C@H](C)c2ccc(Br)cc2)CC1. The molecule has 1 aliphatic heterocycles. The lowest BCUT2D eigenvalue weighted by atomic mass is 9.96. The average molecular weight is 516 g/mol. The normalized spacial score (nSPS) is 16.8. The molecule has 1 aliphatic rings. The summed E-state index contributed by atoms with van der Waals surface area (Å²) in [6, 6.07) is 12.2. The topological polar surface area (TPSA) is 75.7 Å². The molecule has 0 saturated carbocycles. The zero-order chi connectivity index (χ0) is 21.9. The van der Waals surface area contributed by atoms with Gasteiger partial charge in [0.1, 0.15) is 10.6 Å². The van der Waals surface area contributed by atoms with Crippen molar-refractivity contribution >= 4 is 43.5 Å². The Morgan fingerprint density at radius 1 is 1.20 bits per heavy atom. The molecule has 0 radical (unpaired) electrons. The fourth-order valence-corrected chi connectivity index (χ4v) is 5.67. The Labute approximate surface area is 190 Å². The summed E-state index contributed by atoms with van der Waals surface area (Å²) >= 11 is 9.40. The highest BCUT2D eigenvalue weighted by molar-refractivity contribution is 9.10. The van der Waals surface area contributed by atoms with Crippen molar-refractivity contribution in [2.45, 2.75) is 30.7 Å². The molecular formula is C21H24BrClN2O4S. The molecule has 1 saturated heterocycles. The lowest BCUT2D eigenvalue weighted by Gasteiger charge is -2.31. The van der Waals surface area contributed by atoms with Gasteiger partial charge in [0, 0.05) is 28.5 Å². The maximum absolute atomic E-state index is 13.1. The van der Waals surface area contributed by atoms with Crippen LogP contribution in [0, 0.1) is 5.92 Å². The van der Waals surface area contributed by atoms with Gasteiger partial charge in [-0.25, -0.2) is 8.42 Å². The predicted octanol–water partition coefficient (Wildman–Crippen LogP) is 4.39. The second-order valence-electron chi connectivity index (χ2n) is 7.26. The quantitative estimate of drug-likeness (QED) is 0.619. The molecule has 0 spiro atoms. The number of piperidine rings is 1. The number of hydrogen-bond donors (Lipinski definition) is 1. The van der Waals surface area contributed by atoms with E-state index in [1.165, 1.54) is 17.5 Å². The van der Waals surface area contributed by atoms with E-state index < -0.39 is 10.0 Å². The summed E-state index contributed by atoms with van der Waals surface area (Å²) in [5.41, 5.74) is 1.01. The van der Waals surface area contributed by atoms with Gasteiger partial charge in [0.2, 0.25) is 15.9 Å². The first kappa shape index (κ1) is 23.1. The third-order valence-electron chi connectivity index (χ3n) is 5.30. The summed E-state index contributed by atoms with van der Waals surface area (Å²) in [4.78, 5) is 12.7. The molecule has 2 aromatic rings. The highest BCUT2D eigenvalue weighted by Crippen LogP contribution is 2.32. The van der Waals surface area contributed by atoms with Crippen molar-refractivity contribution in [2.75, 3.05) is 20.2 Å². The summed E-state index contributed by atoms with van der Waals surface area (Å²) in [6.45, 7) is 2.47. The van der Waals surface area contributed by atoms with Crippen LogP contribution in [-0.2, 0) is 14.8 Å². The number of halogens is 2. The minimum atomic E-state index is -3.76. The minimum absolute atomic E-state index is 0.0456. The molecule has 1 N–H and O–H groups in total. The zero-order valence-corrected chi connectivity index (χ0v) is 19.9. The molecule has 1 amide bonds. The molecule has 3 rings (SSSR count). The van der Waals surface area contributed by atoms with Crippen molar-refractivity contribution in [3.8, 4) is 5.75 Å². The smallest absolute Gasteiger partial charge is 0.246 e. The van der Waals surface area contributed by atoms with Gasteiger partial charge in [-0.05, 0) is 55.7 Å². The third kappa shape index (κ3) is 5.17. The van der Waals surface area contributed by atoms with Gasteiger partial charge in [-0.1, -0.05) is 39.7 Å². The van der Waals surface area contributed by atoms with Gasteiger partial charge in [0.05, 0.1) is 13.2 Å². The van der Waals surface area contributed by atoms with Crippen molar-refractivity contribution in [1.82, 2.24) is 9.62 Å². The van der Waals surface area contributed by atoms with Crippen LogP contribution in [0.2, 0.25) is 5.02 Å². The zero-order valence-electron chi connectivity index (χ0n) is 16.8. The van der Waals surface area contributed by atoms with Crippen LogP contribution in [0.25, 0.3) is 0 Å². The largest absolute Gasteiger partial charge is 0.495 e. The molecule has 2 aromatic carbocycles. The van der Waals surface area contributed by atoms with Crippen LogP contribution < -0.4 is 10.1 Å². The summed E-state index contributed by atoms with van der Waals surface area (Å²) < 4.78 is 33.7. The van der Waals surface area contributed by atoms with Crippen LogP contribution in [-0.4, -0.2) is 38.8 Å². The van der Waals surface area contributed by atoms with Crippen molar-refractivity contribution in [3.05, 3.63) is 57.5 Å². The summed E-state index contributed by atoms with van der Waals surface area (Å²) in [6.07, 6.45) is 0.919. The molecule has 0 bridgehead atoms. The van der Waals surface area contributed by atoms with Crippen LogP contribution >= 0.6 is 27.5 Å². The Balaban J connectivity index is 1.63. The van der Waals surface area contributed by atoms with Crippen molar-refractivity contribution in [1.29, 1.82) is 0 Å². The molecule has 1 fully saturated rings. The number of nitrogens with zero attached hydrogens (tertiary/aromatic N) is 1. The van der Waals surface area contributed by atoms with Crippen LogP contribution in [0.3, 0.4) is 0 Å². The van der Waals surface area contributed by atoms with Crippen molar-refractivity contribution in [3.63, 3.8) is 0 Å². The number of ether oxygens (including phenoxy) is 1. The standard InChI is InChI=1S/C21H24BrClN2O4S/c1-14(15-3-5-17(22)6-4-15)24-21(26)16-9-11-25(12-10-16)30(27,28)20-13-18(23)7-8-19(20)29-2/h3-8,13-14,16H,9-12H2,1-2H3,(H,24,26)/t14-/m1/s1. The van der Waals surface area contributed by atoms with E-state index in [1.54, 1.807) is 12.1 Å². The van der Waals surface area contributed by atoms with E-state index in [0.29, 0.717) is 17.9 Å². The number of nitrogens with one attached hydrogen (secondary N) is 1. The molecule has 0 aliphatic carbocycles. The molecule has 162 valence electrons. The van der Waals surface area contributed by atoms with Gasteiger partial charge >= 0.3 is 0 Å². The first-order valence-electron chi connectivity index (χ1n) is 9.62. The van der Waals surface area contributed by atoms with E-state index in [9.17, 15) is 13.2 Å². The number of amides is 1. The Hall–Kier alpha value is -1.61. The summed E-state index contributed by atoms with van der Waals surface area (Å²) in [5.74, 6) is -0.0269. The van der Waals surface area contributed by atoms with Crippen molar-refractivity contribution in [2.24, 2.45) is 5.92 Å². The number of carbonyl (C=O) groups excluding carboxylic acids is 1. The summed E-state index contributed by atoms with van der Waals surface area (Å²) in [7, 11) is -2.34. The fourth-order valence-electron chi connectivity index (χ4n) is 3.52. The lowest BCUT2D eigenvalue weighted by molar-refractivity contribution is -0.126. The molecule has 9 heteroatoms. The minimum Gasteiger partial charge on any atom is -0.495 e. The van der Waals surface area contributed by atoms with Gasteiger partial charge in [-0.15, -0.1) is 0 Å². The van der Waals surface area contributed by atoms with Crippen LogP contribution in [0.5, 0.6) is 5.75 Å². The van der Waals surface area contributed by atoms with E-state index in [-0.39, 0.29) is 41.6 Å². The molecule has 6 nitrogen and oxygen atoms in total. The lowest BCUT2D eigenvalue weighted by Crippen LogP contribution is -2.43. The van der Waals surface area contributed by atoms with E-state index in [2.05, 4.69) is 21.2 Å². The van der Waals surface area contributed by atoms with E-state index in [0.717, 1.165) is 10.0 Å². The number of methoxy groups -OCH3 is 1. The number of benzene rings is 2. The highest BCUT2D eigenvalue weighted by Gasteiger charge is 2.34. The third-order valence-corrected chi connectivity index (χ3v) is 7.98. The second kappa shape index (κ2) is 9.68. The van der Waals surface area contributed by atoms with Gasteiger partial charge < -0.3 is 10.1 Å². The number of carbonyl (C=O) groups is 1. The molecule has 0 aromatic heterocycles. The van der Waals surface area contributed by atoms with Gasteiger partial charge in [0.25, 0.3) is 0 Å². The number of rotatable bonds is 6. The molecule has 1 atom stereocenters. The van der Waals surface area contributed by atoms with Crippen molar-refractivity contribution < 1.29 is 17.9 Å². The predicted molar refractivity (Wildman–Crippen MR) is 120 cm³/mol. The second-order valence-corrected chi connectivity index (χ2v) is 10.5.